The lowest BCUT2D eigenvalue weighted by Crippen LogP contribution is -2.43. The Labute approximate surface area is 94.4 Å². The number of likely N-dealkylation sites (tertiary alicyclic amines) is 1. The summed E-state index contributed by atoms with van der Waals surface area (Å²) in [5.41, 5.74) is -0.231. The van der Waals surface area contributed by atoms with E-state index in [1.807, 2.05) is 18.7 Å². The molecule has 0 radical (unpaired) electrons. The fraction of sp³-hybridized carbons (Fsp3) is 1.00. The average Bonchev–Trinajstić information content (AvgIpc) is 2.16. The number of hydrogen-bond donors (Lipinski definition) is 1. The van der Waals surface area contributed by atoms with Gasteiger partial charge in [-0.2, -0.15) is 13.2 Å². The predicted molar refractivity (Wildman–Crippen MR) is 56.1 cm³/mol. The second-order valence-corrected chi connectivity index (χ2v) is 5.41. The van der Waals surface area contributed by atoms with Gasteiger partial charge in [-0.1, -0.05) is 13.8 Å². The van der Waals surface area contributed by atoms with Crippen LogP contribution >= 0.6 is 0 Å². The molecule has 1 saturated heterocycles. The van der Waals surface area contributed by atoms with Gasteiger partial charge in [-0.05, 0) is 25.9 Å². The molecule has 1 fully saturated rings. The molecule has 0 unspecified atom stereocenters. The van der Waals surface area contributed by atoms with Crippen molar-refractivity contribution in [3.63, 3.8) is 0 Å². The Morgan fingerprint density at radius 1 is 1.19 bits per heavy atom. The van der Waals surface area contributed by atoms with Crippen LogP contribution in [0.2, 0.25) is 0 Å². The molecular weight excluding hydrogens is 219 g/mol. The first kappa shape index (κ1) is 13.8. The van der Waals surface area contributed by atoms with E-state index in [0.29, 0.717) is 19.6 Å². The van der Waals surface area contributed by atoms with E-state index in [0.717, 1.165) is 0 Å². The molecule has 0 saturated carbocycles. The van der Waals surface area contributed by atoms with E-state index >= 15 is 0 Å². The van der Waals surface area contributed by atoms with Crippen molar-refractivity contribution in [2.45, 2.75) is 32.9 Å². The van der Waals surface area contributed by atoms with Crippen LogP contribution in [0.4, 0.5) is 13.2 Å². The van der Waals surface area contributed by atoms with Crippen LogP contribution in [0.3, 0.4) is 0 Å². The number of hydrogen-bond acceptors (Lipinski definition) is 2. The third kappa shape index (κ3) is 3.94. The van der Waals surface area contributed by atoms with Crippen molar-refractivity contribution >= 4 is 0 Å². The number of halogens is 3. The van der Waals surface area contributed by atoms with E-state index in [1.165, 1.54) is 0 Å². The first-order valence-electron chi connectivity index (χ1n) is 5.64. The lowest BCUT2D eigenvalue weighted by molar-refractivity contribution is -0.185. The van der Waals surface area contributed by atoms with Crippen molar-refractivity contribution in [2.24, 2.45) is 11.3 Å². The Balaban J connectivity index is 2.38. The summed E-state index contributed by atoms with van der Waals surface area (Å²) in [5, 5.41) is 9.10. The Morgan fingerprint density at radius 2 is 1.69 bits per heavy atom. The first-order valence-corrected chi connectivity index (χ1v) is 5.64. The maximum Gasteiger partial charge on any atom is 0.391 e. The van der Waals surface area contributed by atoms with Gasteiger partial charge < -0.3 is 10.0 Å². The van der Waals surface area contributed by atoms with Crippen LogP contribution in [0, 0.1) is 11.3 Å². The number of aliphatic hydroxyl groups excluding tert-OH is 1. The zero-order valence-corrected chi connectivity index (χ0v) is 9.85. The monoisotopic (exact) mass is 239 g/mol. The number of piperidine rings is 1. The minimum atomic E-state index is -4.04. The lowest BCUT2D eigenvalue weighted by atomic mass is 9.91. The lowest BCUT2D eigenvalue weighted by Gasteiger charge is -2.37. The van der Waals surface area contributed by atoms with Crippen molar-refractivity contribution in [1.82, 2.24) is 4.90 Å². The third-order valence-electron chi connectivity index (χ3n) is 3.13. The summed E-state index contributed by atoms with van der Waals surface area (Å²) in [5.74, 6) is -1.14. The summed E-state index contributed by atoms with van der Waals surface area (Å²) in [6.07, 6.45) is -3.67. The Hall–Kier alpha value is -0.290. The molecule has 0 bridgehead atoms. The van der Waals surface area contributed by atoms with Gasteiger partial charge in [-0.15, -0.1) is 0 Å². The quantitative estimate of drug-likeness (QED) is 0.816. The molecule has 0 aromatic rings. The fourth-order valence-corrected chi connectivity index (χ4v) is 2.07. The molecule has 1 rings (SSSR count). The highest BCUT2D eigenvalue weighted by Crippen LogP contribution is 2.34. The summed E-state index contributed by atoms with van der Waals surface area (Å²) in [6.45, 7) is 5.52. The zero-order chi connectivity index (χ0) is 12.4. The maximum atomic E-state index is 12.4. The number of aliphatic hydroxyl groups is 1. The van der Waals surface area contributed by atoms with Crippen molar-refractivity contribution < 1.29 is 18.3 Å². The van der Waals surface area contributed by atoms with Gasteiger partial charge in [-0.3, -0.25) is 0 Å². The van der Waals surface area contributed by atoms with Crippen LogP contribution in [0.15, 0.2) is 0 Å². The van der Waals surface area contributed by atoms with Crippen LogP contribution in [-0.2, 0) is 0 Å². The van der Waals surface area contributed by atoms with Gasteiger partial charge in [0.25, 0.3) is 0 Å². The number of rotatable bonds is 3. The van der Waals surface area contributed by atoms with Gasteiger partial charge >= 0.3 is 6.18 Å². The highest BCUT2D eigenvalue weighted by Gasteiger charge is 2.41. The molecular formula is C11H20F3NO. The van der Waals surface area contributed by atoms with Crippen molar-refractivity contribution in [3.05, 3.63) is 0 Å². The van der Waals surface area contributed by atoms with Crippen molar-refractivity contribution in [2.75, 3.05) is 26.2 Å². The second-order valence-electron chi connectivity index (χ2n) is 5.41. The van der Waals surface area contributed by atoms with Crippen molar-refractivity contribution in [1.29, 1.82) is 0 Å². The average molecular weight is 239 g/mol. The van der Waals surface area contributed by atoms with Gasteiger partial charge in [0.15, 0.2) is 0 Å². The van der Waals surface area contributed by atoms with E-state index in [-0.39, 0.29) is 24.9 Å². The van der Waals surface area contributed by atoms with Crippen LogP contribution in [-0.4, -0.2) is 42.4 Å². The first-order chi connectivity index (χ1) is 7.24. The third-order valence-corrected chi connectivity index (χ3v) is 3.13. The highest BCUT2D eigenvalue weighted by molar-refractivity contribution is 4.80. The van der Waals surface area contributed by atoms with Gasteiger partial charge in [0.05, 0.1) is 5.92 Å². The maximum absolute atomic E-state index is 12.4. The number of nitrogens with zero attached hydrogens (tertiary/aromatic N) is 1. The molecule has 2 nitrogen and oxygen atoms in total. The molecule has 1 N–H and O–H groups in total. The number of alkyl halides is 3. The summed E-state index contributed by atoms with van der Waals surface area (Å²) < 4.78 is 37.2. The summed E-state index contributed by atoms with van der Waals surface area (Å²) in [7, 11) is 0. The molecule has 1 heterocycles. The molecule has 16 heavy (non-hydrogen) atoms. The van der Waals surface area contributed by atoms with Crippen LogP contribution < -0.4 is 0 Å². The van der Waals surface area contributed by atoms with E-state index in [4.69, 9.17) is 5.11 Å². The Bertz CT molecular complexity index is 220. The van der Waals surface area contributed by atoms with E-state index in [1.54, 1.807) is 0 Å². The standard InChI is InChI=1S/C11H20F3NO/c1-10(2,8-16)7-15-5-3-9(4-6-15)11(12,13)14/h9,16H,3-8H2,1-2H3. The SMILES string of the molecule is CC(C)(CO)CN1CCC(C(F)(F)F)CC1. The van der Waals surface area contributed by atoms with Crippen molar-refractivity contribution in [3.8, 4) is 0 Å². The molecule has 1 aliphatic heterocycles. The molecule has 0 aromatic carbocycles. The van der Waals surface area contributed by atoms with Gasteiger partial charge in [0.2, 0.25) is 0 Å². The van der Waals surface area contributed by atoms with E-state index in [9.17, 15) is 13.2 Å². The topological polar surface area (TPSA) is 23.5 Å². The van der Waals surface area contributed by atoms with Crippen LogP contribution in [0.1, 0.15) is 26.7 Å². The molecule has 1 aliphatic rings. The minimum absolute atomic E-state index is 0.0617. The van der Waals surface area contributed by atoms with E-state index < -0.39 is 12.1 Å². The molecule has 96 valence electrons. The van der Waals surface area contributed by atoms with Gasteiger partial charge in [0, 0.05) is 18.6 Å². The molecule has 5 heteroatoms. The summed E-state index contributed by atoms with van der Waals surface area (Å²) in [4.78, 5) is 2.01. The predicted octanol–water partition coefficient (Wildman–Crippen LogP) is 2.28. The Kier molecular flexibility index (Phi) is 4.23. The summed E-state index contributed by atoms with van der Waals surface area (Å²) >= 11 is 0. The smallest absolute Gasteiger partial charge is 0.391 e. The Morgan fingerprint density at radius 3 is 2.06 bits per heavy atom. The largest absolute Gasteiger partial charge is 0.396 e. The zero-order valence-electron chi connectivity index (χ0n) is 9.85. The summed E-state index contributed by atoms with van der Waals surface area (Å²) in [6, 6.07) is 0. The van der Waals surface area contributed by atoms with Gasteiger partial charge in [0.1, 0.15) is 0 Å². The molecule has 0 aliphatic carbocycles. The van der Waals surface area contributed by atoms with Gasteiger partial charge in [-0.25, -0.2) is 0 Å². The normalized spacial score (nSPS) is 21.4. The molecule has 0 spiro atoms. The van der Waals surface area contributed by atoms with Crippen LogP contribution in [0.5, 0.6) is 0 Å². The van der Waals surface area contributed by atoms with E-state index in [2.05, 4.69) is 0 Å². The fourth-order valence-electron chi connectivity index (χ4n) is 2.07. The molecule has 0 aromatic heterocycles. The van der Waals surface area contributed by atoms with Crippen LogP contribution in [0.25, 0.3) is 0 Å². The highest BCUT2D eigenvalue weighted by atomic mass is 19.4. The molecule has 0 amide bonds. The molecule has 0 atom stereocenters. The minimum Gasteiger partial charge on any atom is -0.396 e. The second kappa shape index (κ2) is 4.92.